The summed E-state index contributed by atoms with van der Waals surface area (Å²) in [7, 11) is 1.60. The minimum atomic E-state index is -0.248. The molecule has 0 aliphatic rings. The maximum atomic E-state index is 12.2. The van der Waals surface area contributed by atoms with E-state index in [2.05, 4.69) is 10.6 Å². The summed E-state index contributed by atoms with van der Waals surface area (Å²) in [5, 5.41) is 5.58. The number of methoxy groups -OCH3 is 1. The largest absolute Gasteiger partial charge is 0.497 e. The molecule has 0 aliphatic carbocycles. The van der Waals surface area contributed by atoms with Crippen LogP contribution in [0.4, 0.5) is 0 Å². The molecular formula is C20H24N2O4. The minimum Gasteiger partial charge on any atom is -0.497 e. The van der Waals surface area contributed by atoms with Gasteiger partial charge in [0.15, 0.2) is 0 Å². The number of carbonyl (C=O) groups is 2. The topological polar surface area (TPSA) is 76.7 Å². The van der Waals surface area contributed by atoms with Crippen LogP contribution in [0.15, 0.2) is 48.5 Å². The van der Waals surface area contributed by atoms with Crippen molar-refractivity contribution in [2.75, 3.05) is 20.3 Å². The van der Waals surface area contributed by atoms with Crippen molar-refractivity contribution in [3.8, 4) is 11.5 Å². The first kappa shape index (κ1) is 19.3. The Bertz CT molecular complexity index is 742. The third kappa shape index (κ3) is 5.81. The number of amides is 2. The molecule has 0 heterocycles. The van der Waals surface area contributed by atoms with Gasteiger partial charge in [0.1, 0.15) is 18.1 Å². The van der Waals surface area contributed by atoms with E-state index in [4.69, 9.17) is 9.47 Å². The Hall–Kier alpha value is -3.02. The first-order chi connectivity index (χ1) is 12.5. The van der Waals surface area contributed by atoms with Crippen molar-refractivity contribution >= 4 is 11.8 Å². The average Bonchev–Trinajstić information content (AvgIpc) is 2.65. The highest BCUT2D eigenvalue weighted by molar-refractivity contribution is 5.99. The quantitative estimate of drug-likeness (QED) is 0.713. The summed E-state index contributed by atoms with van der Waals surface area (Å²) in [5.74, 6) is 1.01. The first-order valence-corrected chi connectivity index (χ1v) is 8.45. The van der Waals surface area contributed by atoms with E-state index in [0.717, 1.165) is 5.75 Å². The molecule has 0 spiro atoms. The zero-order valence-corrected chi connectivity index (χ0v) is 15.2. The predicted octanol–water partition coefficient (Wildman–Crippen LogP) is 2.64. The smallest absolute Gasteiger partial charge is 0.251 e. The van der Waals surface area contributed by atoms with Crippen molar-refractivity contribution in [3.05, 3.63) is 59.7 Å². The van der Waals surface area contributed by atoms with Crippen LogP contribution in [-0.4, -0.2) is 38.1 Å². The van der Waals surface area contributed by atoms with Crippen molar-refractivity contribution in [1.82, 2.24) is 10.6 Å². The van der Waals surface area contributed by atoms with Crippen molar-refractivity contribution in [2.24, 2.45) is 0 Å². The molecule has 0 saturated carbocycles. The van der Waals surface area contributed by atoms with Crippen molar-refractivity contribution in [2.45, 2.75) is 19.9 Å². The third-order valence-electron chi connectivity index (χ3n) is 3.52. The predicted molar refractivity (Wildman–Crippen MR) is 99.9 cm³/mol. The van der Waals surface area contributed by atoms with Gasteiger partial charge < -0.3 is 20.1 Å². The highest BCUT2D eigenvalue weighted by Gasteiger charge is 2.11. The molecule has 26 heavy (non-hydrogen) atoms. The van der Waals surface area contributed by atoms with Gasteiger partial charge in [-0.05, 0) is 56.3 Å². The lowest BCUT2D eigenvalue weighted by Gasteiger charge is -2.10. The number of carbonyl (C=O) groups excluding carboxylic acids is 2. The first-order valence-electron chi connectivity index (χ1n) is 8.45. The van der Waals surface area contributed by atoms with Crippen LogP contribution in [0.1, 0.15) is 34.6 Å². The van der Waals surface area contributed by atoms with Crippen LogP contribution >= 0.6 is 0 Å². The molecule has 0 fully saturated rings. The minimum absolute atomic E-state index is 0.0371. The van der Waals surface area contributed by atoms with E-state index in [1.807, 2.05) is 26.0 Å². The van der Waals surface area contributed by atoms with Gasteiger partial charge in [0.25, 0.3) is 11.8 Å². The Balaban J connectivity index is 1.82. The number of hydrogen-bond donors (Lipinski definition) is 2. The van der Waals surface area contributed by atoms with Crippen LogP contribution < -0.4 is 20.1 Å². The van der Waals surface area contributed by atoms with Crippen LogP contribution in [0.5, 0.6) is 11.5 Å². The van der Waals surface area contributed by atoms with Crippen molar-refractivity contribution in [3.63, 3.8) is 0 Å². The van der Waals surface area contributed by atoms with E-state index in [-0.39, 0.29) is 17.9 Å². The molecule has 2 aromatic rings. The van der Waals surface area contributed by atoms with Gasteiger partial charge in [-0.25, -0.2) is 0 Å². The van der Waals surface area contributed by atoms with Gasteiger partial charge in [0, 0.05) is 17.2 Å². The Morgan fingerprint density at radius 1 is 0.962 bits per heavy atom. The lowest BCUT2D eigenvalue weighted by molar-refractivity contribution is 0.0943. The lowest BCUT2D eigenvalue weighted by atomic mass is 10.1. The second kappa shape index (κ2) is 9.46. The van der Waals surface area contributed by atoms with Crippen molar-refractivity contribution in [1.29, 1.82) is 0 Å². The van der Waals surface area contributed by atoms with E-state index in [1.54, 1.807) is 43.5 Å². The van der Waals surface area contributed by atoms with E-state index in [9.17, 15) is 9.59 Å². The fourth-order valence-electron chi connectivity index (χ4n) is 2.25. The molecule has 0 radical (unpaired) electrons. The van der Waals surface area contributed by atoms with Crippen LogP contribution in [-0.2, 0) is 0 Å². The van der Waals surface area contributed by atoms with Crippen LogP contribution in [0.3, 0.4) is 0 Å². The van der Waals surface area contributed by atoms with E-state index >= 15 is 0 Å². The second-order valence-electron chi connectivity index (χ2n) is 5.99. The maximum absolute atomic E-state index is 12.2. The fraction of sp³-hybridized carbons (Fsp3) is 0.300. The van der Waals surface area contributed by atoms with Crippen LogP contribution in [0, 0.1) is 0 Å². The lowest BCUT2D eigenvalue weighted by Crippen LogP contribution is -2.31. The van der Waals surface area contributed by atoms with E-state index in [0.29, 0.717) is 30.0 Å². The molecule has 2 amide bonds. The zero-order valence-electron chi connectivity index (χ0n) is 15.2. The molecule has 2 N–H and O–H groups in total. The molecule has 2 rings (SSSR count). The molecule has 0 aliphatic heterocycles. The summed E-state index contributed by atoms with van der Waals surface area (Å²) in [6.07, 6.45) is 0. The monoisotopic (exact) mass is 356 g/mol. The Labute approximate surface area is 153 Å². The third-order valence-corrected chi connectivity index (χ3v) is 3.52. The normalized spacial score (nSPS) is 10.3. The molecule has 0 aromatic heterocycles. The van der Waals surface area contributed by atoms with Crippen LogP contribution in [0.25, 0.3) is 0 Å². The van der Waals surface area contributed by atoms with Gasteiger partial charge in [-0.15, -0.1) is 0 Å². The highest BCUT2D eigenvalue weighted by atomic mass is 16.5. The number of nitrogens with one attached hydrogen (secondary N) is 2. The number of ether oxygens (including phenoxy) is 2. The van der Waals surface area contributed by atoms with Crippen molar-refractivity contribution < 1.29 is 19.1 Å². The van der Waals surface area contributed by atoms with E-state index in [1.165, 1.54) is 0 Å². The zero-order chi connectivity index (χ0) is 18.9. The second-order valence-corrected chi connectivity index (χ2v) is 5.99. The Morgan fingerprint density at radius 3 is 2.19 bits per heavy atom. The standard InChI is InChI=1S/C20H24N2O4/c1-14(2)22-20(24)16-6-4-5-15(13-16)19(23)21-11-12-26-18-9-7-17(25-3)8-10-18/h4-10,13-14H,11-12H2,1-3H3,(H,21,23)(H,22,24). The van der Waals surface area contributed by atoms with Gasteiger partial charge >= 0.3 is 0 Å². The summed E-state index contributed by atoms with van der Waals surface area (Å²) in [4.78, 5) is 24.2. The van der Waals surface area contributed by atoms with Gasteiger partial charge in [-0.3, -0.25) is 9.59 Å². The van der Waals surface area contributed by atoms with Gasteiger partial charge in [-0.1, -0.05) is 6.07 Å². The molecule has 6 heteroatoms. The molecule has 2 aromatic carbocycles. The number of hydrogen-bond acceptors (Lipinski definition) is 4. The average molecular weight is 356 g/mol. The highest BCUT2D eigenvalue weighted by Crippen LogP contribution is 2.16. The molecule has 0 unspecified atom stereocenters. The number of benzene rings is 2. The SMILES string of the molecule is COc1ccc(OCCNC(=O)c2cccc(C(=O)NC(C)C)c2)cc1. The molecular weight excluding hydrogens is 332 g/mol. The molecule has 6 nitrogen and oxygen atoms in total. The summed E-state index contributed by atoms with van der Waals surface area (Å²) in [6.45, 7) is 4.47. The summed E-state index contributed by atoms with van der Waals surface area (Å²) in [6, 6.07) is 13.9. The van der Waals surface area contributed by atoms with Gasteiger partial charge in [0.2, 0.25) is 0 Å². The van der Waals surface area contributed by atoms with E-state index < -0.39 is 0 Å². The maximum Gasteiger partial charge on any atom is 0.251 e. The van der Waals surface area contributed by atoms with Gasteiger partial charge in [-0.2, -0.15) is 0 Å². The summed E-state index contributed by atoms with van der Waals surface area (Å²) < 4.78 is 10.6. The van der Waals surface area contributed by atoms with Crippen LogP contribution in [0.2, 0.25) is 0 Å². The summed E-state index contributed by atoms with van der Waals surface area (Å²) in [5.41, 5.74) is 0.895. The molecule has 0 bridgehead atoms. The van der Waals surface area contributed by atoms with Gasteiger partial charge in [0.05, 0.1) is 13.7 Å². The molecule has 138 valence electrons. The number of rotatable bonds is 8. The summed E-state index contributed by atoms with van der Waals surface area (Å²) >= 11 is 0. The molecule has 0 saturated heterocycles. The Kier molecular flexibility index (Phi) is 7.02. The Morgan fingerprint density at radius 2 is 1.58 bits per heavy atom. The fourth-order valence-corrected chi connectivity index (χ4v) is 2.25. The molecule has 0 atom stereocenters.